The van der Waals surface area contributed by atoms with Gasteiger partial charge in [-0.1, -0.05) is 0 Å². The quantitative estimate of drug-likeness (QED) is 0.195. The van der Waals surface area contributed by atoms with Crippen molar-refractivity contribution in [1.29, 1.82) is 0 Å². The van der Waals surface area contributed by atoms with Crippen LogP contribution in [0.2, 0.25) is 0 Å². The second-order valence-corrected chi connectivity index (χ2v) is 8.99. The Morgan fingerprint density at radius 3 is 2.31 bits per heavy atom. The molecule has 1 atom stereocenters. The van der Waals surface area contributed by atoms with Crippen LogP contribution in [0.3, 0.4) is 0 Å². The molecule has 0 radical (unpaired) electrons. The summed E-state index contributed by atoms with van der Waals surface area (Å²) in [5.41, 5.74) is 0.713. The van der Waals surface area contributed by atoms with E-state index in [9.17, 15) is 24.8 Å². The van der Waals surface area contributed by atoms with Crippen LogP contribution >= 0.6 is 0 Å². The summed E-state index contributed by atoms with van der Waals surface area (Å²) in [6, 6.07) is 11.4. The van der Waals surface area contributed by atoms with Gasteiger partial charge in [0.05, 0.1) is 35.9 Å². The molecule has 0 aromatic heterocycles. The number of hydrogen-bond donors (Lipinski definition) is 1. The third kappa shape index (κ3) is 5.39. The summed E-state index contributed by atoms with van der Waals surface area (Å²) >= 11 is 0. The summed E-state index contributed by atoms with van der Waals surface area (Å²) in [6.07, 6.45) is -0.0247. The second-order valence-electron chi connectivity index (χ2n) is 8.99. The fourth-order valence-corrected chi connectivity index (χ4v) is 4.43. The lowest BCUT2D eigenvalue weighted by molar-refractivity contribution is -0.384. The van der Waals surface area contributed by atoms with E-state index in [1.807, 2.05) is 13.8 Å². The summed E-state index contributed by atoms with van der Waals surface area (Å²) in [5.74, 6) is -1.20. The number of nitro groups is 1. The van der Waals surface area contributed by atoms with Gasteiger partial charge in [0.15, 0.2) is 0 Å². The maximum Gasteiger partial charge on any atom is 0.295 e. The Balaban J connectivity index is 1.71. The molecule has 2 saturated heterocycles. The van der Waals surface area contributed by atoms with Crippen LogP contribution in [0.15, 0.2) is 54.1 Å². The lowest BCUT2D eigenvalue weighted by Crippen LogP contribution is -2.42. The monoisotopic (exact) mass is 495 g/mol. The van der Waals surface area contributed by atoms with Crippen LogP contribution in [0.1, 0.15) is 31.0 Å². The Labute approximate surface area is 208 Å². The van der Waals surface area contributed by atoms with Crippen LogP contribution in [-0.2, 0) is 14.3 Å². The minimum absolute atomic E-state index is 0.0247. The first-order valence-electron chi connectivity index (χ1n) is 11.9. The molecular formula is C26H29N3O7. The van der Waals surface area contributed by atoms with Crippen molar-refractivity contribution in [2.24, 2.45) is 0 Å². The molecule has 2 aliphatic heterocycles. The lowest BCUT2D eigenvalue weighted by atomic mass is 9.95. The Morgan fingerprint density at radius 1 is 1.08 bits per heavy atom. The molecule has 0 saturated carbocycles. The van der Waals surface area contributed by atoms with Gasteiger partial charge in [0, 0.05) is 43.9 Å². The van der Waals surface area contributed by atoms with Gasteiger partial charge in [-0.25, -0.2) is 0 Å². The van der Waals surface area contributed by atoms with Crippen molar-refractivity contribution in [1.82, 2.24) is 9.80 Å². The fraction of sp³-hybridized carbons (Fsp3) is 0.385. The molecule has 0 bridgehead atoms. The van der Waals surface area contributed by atoms with E-state index in [0.717, 1.165) is 13.1 Å². The van der Waals surface area contributed by atoms with Crippen LogP contribution in [-0.4, -0.2) is 77.0 Å². The van der Waals surface area contributed by atoms with Crippen LogP contribution in [0.4, 0.5) is 5.69 Å². The Bertz CT molecular complexity index is 1150. The van der Waals surface area contributed by atoms with Gasteiger partial charge in [0.1, 0.15) is 11.5 Å². The van der Waals surface area contributed by atoms with Crippen molar-refractivity contribution in [3.05, 3.63) is 75.3 Å². The molecule has 2 aliphatic rings. The van der Waals surface area contributed by atoms with Crippen LogP contribution < -0.4 is 4.74 Å². The van der Waals surface area contributed by atoms with Gasteiger partial charge in [0.2, 0.25) is 0 Å². The molecule has 2 heterocycles. The van der Waals surface area contributed by atoms with E-state index in [1.54, 1.807) is 24.3 Å². The highest BCUT2D eigenvalue weighted by Gasteiger charge is 2.46. The molecule has 36 heavy (non-hydrogen) atoms. The summed E-state index contributed by atoms with van der Waals surface area (Å²) in [7, 11) is 0. The highest BCUT2D eigenvalue weighted by Crippen LogP contribution is 2.40. The number of morpholine rings is 1. The molecule has 0 unspecified atom stereocenters. The number of nitro benzene ring substituents is 1. The number of benzene rings is 2. The summed E-state index contributed by atoms with van der Waals surface area (Å²) in [5, 5.41) is 22.3. The highest BCUT2D eigenvalue weighted by molar-refractivity contribution is 6.46. The molecule has 10 nitrogen and oxygen atoms in total. The van der Waals surface area contributed by atoms with Crippen molar-refractivity contribution in [2.45, 2.75) is 26.0 Å². The van der Waals surface area contributed by atoms with Gasteiger partial charge in [-0.2, -0.15) is 0 Å². The van der Waals surface area contributed by atoms with Gasteiger partial charge in [-0.15, -0.1) is 0 Å². The summed E-state index contributed by atoms with van der Waals surface area (Å²) in [6.45, 7) is 7.22. The molecule has 10 heteroatoms. The zero-order valence-electron chi connectivity index (χ0n) is 20.3. The number of carbonyl (C=O) groups is 2. The number of rotatable bonds is 8. The molecule has 0 spiro atoms. The lowest BCUT2D eigenvalue weighted by Gasteiger charge is -2.31. The Kier molecular flexibility index (Phi) is 7.66. The van der Waals surface area contributed by atoms with E-state index in [1.165, 1.54) is 29.2 Å². The first-order valence-corrected chi connectivity index (χ1v) is 11.9. The second kappa shape index (κ2) is 10.9. The number of likely N-dealkylation sites (tertiary alicyclic amines) is 1. The molecular weight excluding hydrogens is 466 g/mol. The maximum atomic E-state index is 13.2. The number of Topliss-reactive ketones (excluding diaryl/α,β-unsaturated/α-hetero) is 1. The van der Waals surface area contributed by atoms with Crippen LogP contribution in [0.5, 0.6) is 5.75 Å². The number of ketones is 1. The van der Waals surface area contributed by atoms with Gasteiger partial charge in [-0.3, -0.25) is 24.6 Å². The third-order valence-corrected chi connectivity index (χ3v) is 6.22. The third-order valence-electron chi connectivity index (χ3n) is 6.22. The SMILES string of the molecule is CC(C)Oc1ccc(/C(O)=C2\C(=O)C(=O)N(CCN3CCOCC3)[C@H]2c2ccc([N+](=O)[O-])cc2)cc1. The van der Waals surface area contributed by atoms with Crippen molar-refractivity contribution >= 4 is 23.1 Å². The average Bonchev–Trinajstić information content (AvgIpc) is 3.12. The topological polar surface area (TPSA) is 122 Å². The molecule has 1 amide bonds. The number of aliphatic hydroxyl groups is 1. The predicted octanol–water partition coefficient (Wildman–Crippen LogP) is 3.14. The molecule has 2 fully saturated rings. The smallest absolute Gasteiger partial charge is 0.295 e. The minimum atomic E-state index is -0.876. The number of nitrogens with zero attached hydrogens (tertiary/aromatic N) is 3. The number of aliphatic hydroxyl groups excluding tert-OH is 1. The fourth-order valence-electron chi connectivity index (χ4n) is 4.43. The zero-order valence-corrected chi connectivity index (χ0v) is 20.3. The molecule has 0 aliphatic carbocycles. The minimum Gasteiger partial charge on any atom is -0.507 e. The summed E-state index contributed by atoms with van der Waals surface area (Å²) in [4.78, 5) is 40.5. The average molecular weight is 496 g/mol. The van der Waals surface area contributed by atoms with Gasteiger partial charge in [-0.05, 0) is 55.8 Å². The number of ether oxygens (including phenoxy) is 2. The normalized spacial score (nSPS) is 20.2. The molecule has 190 valence electrons. The van der Waals surface area contributed by atoms with Gasteiger partial charge >= 0.3 is 0 Å². The maximum absolute atomic E-state index is 13.2. The van der Waals surface area contributed by atoms with Crippen LogP contribution in [0.25, 0.3) is 5.76 Å². The van der Waals surface area contributed by atoms with Gasteiger partial charge in [0.25, 0.3) is 17.4 Å². The van der Waals surface area contributed by atoms with E-state index in [0.29, 0.717) is 36.6 Å². The molecule has 2 aromatic rings. The highest BCUT2D eigenvalue weighted by atomic mass is 16.6. The number of non-ortho nitro benzene ring substituents is 1. The van der Waals surface area contributed by atoms with E-state index in [2.05, 4.69) is 4.90 Å². The number of amides is 1. The standard InChI is InChI=1S/C26H29N3O7/c1-17(2)36-21-9-5-19(6-10-21)24(30)22-23(18-3-7-20(8-4-18)29(33)34)28(26(32)25(22)31)12-11-27-13-15-35-16-14-27/h3-10,17,23,30H,11-16H2,1-2H3/b24-22+/t23-/m0/s1. The van der Waals surface area contributed by atoms with Crippen molar-refractivity contribution < 1.29 is 29.1 Å². The Morgan fingerprint density at radius 2 is 1.72 bits per heavy atom. The van der Waals surface area contributed by atoms with Crippen molar-refractivity contribution in [3.8, 4) is 5.75 Å². The molecule has 4 rings (SSSR count). The van der Waals surface area contributed by atoms with E-state index < -0.39 is 22.7 Å². The largest absolute Gasteiger partial charge is 0.507 e. The van der Waals surface area contributed by atoms with E-state index in [-0.39, 0.29) is 29.7 Å². The van der Waals surface area contributed by atoms with Crippen molar-refractivity contribution in [2.75, 3.05) is 39.4 Å². The number of hydrogen-bond acceptors (Lipinski definition) is 8. The van der Waals surface area contributed by atoms with E-state index >= 15 is 0 Å². The van der Waals surface area contributed by atoms with E-state index in [4.69, 9.17) is 9.47 Å². The first-order chi connectivity index (χ1) is 17.3. The van der Waals surface area contributed by atoms with Crippen molar-refractivity contribution in [3.63, 3.8) is 0 Å². The summed E-state index contributed by atoms with van der Waals surface area (Å²) < 4.78 is 11.0. The molecule has 2 aromatic carbocycles. The van der Waals surface area contributed by atoms with Gasteiger partial charge < -0.3 is 19.5 Å². The predicted molar refractivity (Wildman–Crippen MR) is 132 cm³/mol. The van der Waals surface area contributed by atoms with Crippen LogP contribution in [0, 0.1) is 10.1 Å². The molecule has 1 N–H and O–H groups in total. The Hall–Kier alpha value is -3.76. The zero-order chi connectivity index (χ0) is 25.8. The first kappa shape index (κ1) is 25.3. The number of carbonyl (C=O) groups excluding carboxylic acids is 2.